The Bertz CT molecular complexity index is 1200. The lowest BCUT2D eigenvalue weighted by molar-refractivity contribution is 0.340. The summed E-state index contributed by atoms with van der Waals surface area (Å²) >= 11 is 0. The van der Waals surface area contributed by atoms with Crippen LogP contribution in [0.15, 0.2) is 91.7 Å². The molecular weight excluding hydrogens is 404 g/mol. The molecule has 2 aromatic heterocycles. The average molecular weight is 424 g/mol. The minimum Gasteiger partial charge on any atom is -0.494 e. The van der Waals surface area contributed by atoms with Gasteiger partial charge in [-0.05, 0) is 48.9 Å². The molecule has 0 radical (unpaired) electrons. The third-order valence-electron chi connectivity index (χ3n) is 4.32. The van der Waals surface area contributed by atoms with Gasteiger partial charge in [0.2, 0.25) is 20.7 Å². The van der Waals surface area contributed by atoms with E-state index in [1.54, 1.807) is 24.3 Å². The van der Waals surface area contributed by atoms with Gasteiger partial charge in [-0.25, -0.2) is 8.42 Å². The summed E-state index contributed by atoms with van der Waals surface area (Å²) in [6.45, 7) is 2.73. The Labute approximate surface area is 174 Å². The molecule has 0 amide bonds. The Morgan fingerprint density at radius 2 is 1.77 bits per heavy atom. The second-order valence-electron chi connectivity index (χ2n) is 6.38. The van der Waals surface area contributed by atoms with Crippen molar-refractivity contribution in [1.29, 1.82) is 0 Å². The maximum atomic E-state index is 13.3. The van der Waals surface area contributed by atoms with Crippen LogP contribution in [0.5, 0.6) is 5.75 Å². The van der Waals surface area contributed by atoms with Crippen LogP contribution in [-0.2, 0) is 16.4 Å². The number of benzene rings is 2. The number of hydrogen-bond acceptors (Lipinski definition) is 7. The summed E-state index contributed by atoms with van der Waals surface area (Å²) < 4.78 is 43.0. The lowest BCUT2D eigenvalue weighted by atomic mass is 10.2. The van der Waals surface area contributed by atoms with Gasteiger partial charge >= 0.3 is 0 Å². The molecule has 154 valence electrons. The summed E-state index contributed by atoms with van der Waals surface area (Å²) in [6.07, 6.45) is 1.47. The van der Waals surface area contributed by atoms with Crippen molar-refractivity contribution < 1.29 is 22.0 Å². The Morgan fingerprint density at radius 1 is 1.00 bits per heavy atom. The van der Waals surface area contributed by atoms with E-state index >= 15 is 0 Å². The van der Waals surface area contributed by atoms with E-state index in [4.69, 9.17) is 13.6 Å². The number of nitrogens with one attached hydrogen (secondary N) is 1. The fourth-order valence-electron chi connectivity index (χ4n) is 2.88. The van der Waals surface area contributed by atoms with Gasteiger partial charge in [0.15, 0.2) is 5.76 Å². The average Bonchev–Trinajstić information content (AvgIpc) is 3.44. The zero-order valence-electron chi connectivity index (χ0n) is 16.2. The minimum absolute atomic E-state index is 0.0548. The number of aromatic nitrogens is 1. The SMILES string of the molecule is CCOc1ccc(S(=O)(=O)c2nc(-c3ccco3)oc2NCc2ccccc2)cc1. The molecule has 0 aliphatic rings. The van der Waals surface area contributed by atoms with Crippen molar-refractivity contribution in [3.8, 4) is 17.4 Å². The topological polar surface area (TPSA) is 94.6 Å². The van der Waals surface area contributed by atoms with Crippen molar-refractivity contribution in [2.75, 3.05) is 11.9 Å². The van der Waals surface area contributed by atoms with Crippen LogP contribution in [0.25, 0.3) is 11.7 Å². The molecule has 0 bridgehead atoms. The molecule has 0 saturated heterocycles. The Hall–Kier alpha value is -3.52. The van der Waals surface area contributed by atoms with E-state index < -0.39 is 9.84 Å². The van der Waals surface area contributed by atoms with E-state index in [-0.39, 0.29) is 21.7 Å². The largest absolute Gasteiger partial charge is 0.494 e. The van der Waals surface area contributed by atoms with E-state index in [9.17, 15) is 8.42 Å². The van der Waals surface area contributed by atoms with Crippen LogP contribution in [0, 0.1) is 0 Å². The van der Waals surface area contributed by atoms with Crippen LogP contribution in [0.1, 0.15) is 12.5 Å². The van der Waals surface area contributed by atoms with Gasteiger partial charge in [-0.3, -0.25) is 0 Å². The summed E-state index contributed by atoms with van der Waals surface area (Å²) in [5.41, 5.74) is 0.970. The van der Waals surface area contributed by atoms with Crippen molar-refractivity contribution in [1.82, 2.24) is 4.98 Å². The molecule has 7 nitrogen and oxygen atoms in total. The number of ether oxygens (including phenoxy) is 1. The fraction of sp³-hybridized carbons (Fsp3) is 0.136. The van der Waals surface area contributed by atoms with Crippen LogP contribution < -0.4 is 10.1 Å². The first-order chi connectivity index (χ1) is 14.6. The summed E-state index contributed by atoms with van der Waals surface area (Å²) in [7, 11) is -3.94. The molecular formula is C22H20N2O5S. The Morgan fingerprint density at radius 3 is 2.43 bits per heavy atom. The van der Waals surface area contributed by atoms with Crippen molar-refractivity contribution in [2.45, 2.75) is 23.4 Å². The molecule has 30 heavy (non-hydrogen) atoms. The quantitative estimate of drug-likeness (QED) is 0.435. The van der Waals surface area contributed by atoms with Gasteiger partial charge in [0.25, 0.3) is 5.89 Å². The normalized spacial score (nSPS) is 11.4. The van der Waals surface area contributed by atoms with Crippen LogP contribution in [0.2, 0.25) is 0 Å². The van der Waals surface area contributed by atoms with Crippen molar-refractivity contribution in [3.05, 3.63) is 78.6 Å². The van der Waals surface area contributed by atoms with Crippen molar-refractivity contribution in [2.24, 2.45) is 0 Å². The summed E-state index contributed by atoms with van der Waals surface area (Å²) in [4.78, 5) is 4.32. The summed E-state index contributed by atoms with van der Waals surface area (Å²) in [5.74, 6) is 1.07. The number of nitrogens with zero attached hydrogens (tertiary/aromatic N) is 1. The second kappa shape index (κ2) is 8.46. The zero-order valence-corrected chi connectivity index (χ0v) is 17.1. The van der Waals surface area contributed by atoms with Crippen molar-refractivity contribution >= 4 is 15.7 Å². The number of oxazole rings is 1. The van der Waals surface area contributed by atoms with Crippen LogP contribution >= 0.6 is 0 Å². The van der Waals surface area contributed by atoms with Gasteiger partial charge in [0.1, 0.15) is 5.75 Å². The van der Waals surface area contributed by atoms with Gasteiger partial charge < -0.3 is 18.9 Å². The molecule has 0 aliphatic heterocycles. The lowest BCUT2D eigenvalue weighted by Crippen LogP contribution is -2.07. The van der Waals surface area contributed by atoms with Crippen LogP contribution in [-0.4, -0.2) is 20.0 Å². The highest BCUT2D eigenvalue weighted by atomic mass is 32.2. The Kier molecular flexibility index (Phi) is 5.58. The molecule has 4 rings (SSSR count). The Balaban J connectivity index is 1.70. The van der Waals surface area contributed by atoms with E-state index in [1.165, 1.54) is 18.4 Å². The molecule has 0 aliphatic carbocycles. The maximum Gasteiger partial charge on any atom is 0.266 e. The zero-order chi connectivity index (χ0) is 21.0. The first kappa shape index (κ1) is 19.8. The minimum atomic E-state index is -3.94. The van der Waals surface area contributed by atoms with E-state index in [0.29, 0.717) is 24.7 Å². The highest BCUT2D eigenvalue weighted by Gasteiger charge is 2.29. The fourth-order valence-corrected chi connectivity index (χ4v) is 4.16. The number of rotatable bonds is 8. The molecule has 0 unspecified atom stereocenters. The smallest absolute Gasteiger partial charge is 0.266 e. The van der Waals surface area contributed by atoms with Gasteiger partial charge in [-0.2, -0.15) is 4.98 Å². The first-order valence-corrected chi connectivity index (χ1v) is 10.9. The highest BCUT2D eigenvalue weighted by Crippen LogP contribution is 2.33. The second-order valence-corrected chi connectivity index (χ2v) is 8.24. The van der Waals surface area contributed by atoms with Gasteiger partial charge in [0, 0.05) is 6.54 Å². The van der Waals surface area contributed by atoms with Crippen LogP contribution in [0.4, 0.5) is 5.88 Å². The summed E-state index contributed by atoms with van der Waals surface area (Å²) in [5, 5.41) is 2.84. The standard InChI is InChI=1S/C22H20N2O5S/c1-2-27-17-10-12-18(13-11-17)30(25,26)22-21(23-15-16-7-4-3-5-8-16)29-20(24-22)19-9-6-14-28-19/h3-14,23H,2,15H2,1H3. The van der Waals surface area contributed by atoms with Crippen LogP contribution in [0.3, 0.4) is 0 Å². The first-order valence-electron chi connectivity index (χ1n) is 9.38. The van der Waals surface area contributed by atoms with Gasteiger partial charge in [0.05, 0.1) is 17.8 Å². The third kappa shape index (κ3) is 4.08. The summed E-state index contributed by atoms with van der Waals surface area (Å²) in [6, 6.07) is 19.1. The molecule has 0 saturated carbocycles. The molecule has 2 aromatic carbocycles. The predicted molar refractivity (Wildman–Crippen MR) is 111 cm³/mol. The predicted octanol–water partition coefficient (Wildman–Crippen LogP) is 4.78. The monoisotopic (exact) mass is 424 g/mol. The molecule has 2 heterocycles. The van der Waals surface area contributed by atoms with E-state index in [1.807, 2.05) is 37.3 Å². The van der Waals surface area contributed by atoms with Crippen molar-refractivity contribution in [3.63, 3.8) is 0 Å². The van der Waals surface area contributed by atoms with E-state index in [2.05, 4.69) is 10.3 Å². The maximum absolute atomic E-state index is 13.3. The number of sulfone groups is 1. The number of anilines is 1. The molecule has 8 heteroatoms. The number of hydrogen-bond donors (Lipinski definition) is 1. The van der Waals surface area contributed by atoms with Gasteiger partial charge in [-0.1, -0.05) is 30.3 Å². The van der Waals surface area contributed by atoms with Gasteiger partial charge in [-0.15, -0.1) is 0 Å². The lowest BCUT2D eigenvalue weighted by Gasteiger charge is -2.07. The third-order valence-corrected chi connectivity index (χ3v) is 6.00. The molecule has 0 spiro atoms. The molecule has 1 N–H and O–H groups in total. The van der Waals surface area contributed by atoms with E-state index in [0.717, 1.165) is 5.56 Å². The molecule has 0 atom stereocenters. The molecule has 4 aromatic rings. The number of furan rings is 1. The highest BCUT2D eigenvalue weighted by molar-refractivity contribution is 7.91. The molecule has 0 fully saturated rings.